The van der Waals surface area contributed by atoms with E-state index in [9.17, 15) is 0 Å². The van der Waals surface area contributed by atoms with Crippen molar-refractivity contribution in [3.63, 3.8) is 0 Å². The first-order valence-corrected chi connectivity index (χ1v) is 6.08. The van der Waals surface area contributed by atoms with Crippen LogP contribution >= 0.6 is 0 Å². The highest BCUT2D eigenvalue weighted by Crippen LogP contribution is 2.28. The summed E-state index contributed by atoms with van der Waals surface area (Å²) >= 11 is 0. The Morgan fingerprint density at radius 3 is 2.79 bits per heavy atom. The minimum atomic E-state index is 0.741. The van der Waals surface area contributed by atoms with Crippen LogP contribution in [0.1, 0.15) is 5.56 Å². The molecule has 0 spiro atoms. The van der Waals surface area contributed by atoms with Gasteiger partial charge in [-0.05, 0) is 42.8 Å². The second-order valence-electron chi connectivity index (χ2n) is 4.63. The van der Waals surface area contributed by atoms with E-state index in [0.717, 1.165) is 33.8 Å². The molecule has 1 heterocycles. The highest BCUT2D eigenvalue weighted by atomic mass is 16.5. The van der Waals surface area contributed by atoms with Crippen molar-refractivity contribution < 1.29 is 4.74 Å². The zero-order chi connectivity index (χ0) is 13.4. The van der Waals surface area contributed by atoms with Crippen molar-refractivity contribution in [1.82, 2.24) is 9.55 Å². The minimum Gasteiger partial charge on any atom is -0.457 e. The van der Waals surface area contributed by atoms with E-state index in [2.05, 4.69) is 4.98 Å². The number of nitrogen functional groups attached to an aromatic ring is 1. The van der Waals surface area contributed by atoms with Crippen molar-refractivity contribution in [3.05, 3.63) is 48.3 Å². The number of hydrogen-bond acceptors (Lipinski definition) is 3. The van der Waals surface area contributed by atoms with Gasteiger partial charge in [0.05, 0.1) is 17.4 Å². The average molecular weight is 253 g/mol. The van der Waals surface area contributed by atoms with Crippen molar-refractivity contribution in [1.29, 1.82) is 0 Å². The van der Waals surface area contributed by atoms with Gasteiger partial charge in [-0.15, -0.1) is 0 Å². The zero-order valence-electron chi connectivity index (χ0n) is 10.9. The van der Waals surface area contributed by atoms with E-state index in [0.29, 0.717) is 0 Å². The SMILES string of the molecule is Cc1cc(N)ccc1Oc1ccc2c(c1)ncn2C. The van der Waals surface area contributed by atoms with Gasteiger partial charge in [0.15, 0.2) is 0 Å². The van der Waals surface area contributed by atoms with Gasteiger partial charge in [0, 0.05) is 18.8 Å². The maximum Gasteiger partial charge on any atom is 0.130 e. The van der Waals surface area contributed by atoms with Crippen LogP contribution in [-0.2, 0) is 7.05 Å². The van der Waals surface area contributed by atoms with E-state index in [-0.39, 0.29) is 0 Å². The number of anilines is 1. The van der Waals surface area contributed by atoms with Crippen LogP contribution in [0.2, 0.25) is 0 Å². The van der Waals surface area contributed by atoms with Gasteiger partial charge in [-0.25, -0.2) is 4.98 Å². The lowest BCUT2D eigenvalue weighted by Gasteiger charge is -2.09. The first kappa shape index (κ1) is 11.6. The number of hydrogen-bond donors (Lipinski definition) is 1. The largest absolute Gasteiger partial charge is 0.457 e. The third-order valence-corrected chi connectivity index (χ3v) is 3.12. The molecule has 3 rings (SSSR count). The Bertz CT molecular complexity index is 746. The van der Waals surface area contributed by atoms with E-state index in [4.69, 9.17) is 10.5 Å². The van der Waals surface area contributed by atoms with Crippen LogP contribution in [0.5, 0.6) is 11.5 Å². The minimum absolute atomic E-state index is 0.741. The molecule has 0 saturated carbocycles. The van der Waals surface area contributed by atoms with E-state index in [1.807, 2.05) is 54.9 Å². The summed E-state index contributed by atoms with van der Waals surface area (Å²) in [4.78, 5) is 4.32. The third kappa shape index (κ3) is 2.12. The second-order valence-corrected chi connectivity index (χ2v) is 4.63. The van der Waals surface area contributed by atoms with E-state index in [1.54, 1.807) is 6.33 Å². The quantitative estimate of drug-likeness (QED) is 0.713. The van der Waals surface area contributed by atoms with Crippen LogP contribution in [-0.4, -0.2) is 9.55 Å². The fourth-order valence-electron chi connectivity index (χ4n) is 2.09. The molecular weight excluding hydrogens is 238 g/mol. The number of nitrogens with zero attached hydrogens (tertiary/aromatic N) is 2. The average Bonchev–Trinajstić information content (AvgIpc) is 2.74. The Morgan fingerprint density at radius 2 is 2.00 bits per heavy atom. The molecule has 0 unspecified atom stereocenters. The summed E-state index contributed by atoms with van der Waals surface area (Å²) in [5, 5.41) is 0. The molecule has 0 bridgehead atoms. The molecule has 2 N–H and O–H groups in total. The van der Waals surface area contributed by atoms with Crippen LogP contribution in [0.25, 0.3) is 11.0 Å². The molecule has 3 aromatic rings. The molecule has 0 amide bonds. The smallest absolute Gasteiger partial charge is 0.130 e. The lowest BCUT2D eigenvalue weighted by Crippen LogP contribution is -1.91. The van der Waals surface area contributed by atoms with Gasteiger partial charge < -0.3 is 15.0 Å². The molecule has 0 aliphatic heterocycles. The van der Waals surface area contributed by atoms with Gasteiger partial charge in [-0.3, -0.25) is 0 Å². The molecule has 0 radical (unpaired) electrons. The van der Waals surface area contributed by atoms with Crippen molar-refractivity contribution >= 4 is 16.7 Å². The van der Waals surface area contributed by atoms with Crippen molar-refractivity contribution in [2.75, 3.05) is 5.73 Å². The number of ether oxygens (including phenoxy) is 1. The molecule has 0 saturated heterocycles. The van der Waals surface area contributed by atoms with Crippen molar-refractivity contribution in [3.8, 4) is 11.5 Å². The molecule has 0 atom stereocenters. The number of imidazole rings is 1. The van der Waals surface area contributed by atoms with Gasteiger partial charge in [0.2, 0.25) is 0 Å². The number of aryl methyl sites for hydroxylation is 2. The van der Waals surface area contributed by atoms with E-state index < -0.39 is 0 Å². The number of benzene rings is 2. The lowest BCUT2D eigenvalue weighted by molar-refractivity contribution is 0.479. The molecule has 4 heteroatoms. The summed E-state index contributed by atoms with van der Waals surface area (Å²) in [6, 6.07) is 11.5. The van der Waals surface area contributed by atoms with Crippen LogP contribution in [0.4, 0.5) is 5.69 Å². The Hall–Kier alpha value is -2.49. The maximum atomic E-state index is 5.88. The number of fused-ring (bicyclic) bond motifs is 1. The first-order valence-electron chi connectivity index (χ1n) is 6.08. The van der Waals surface area contributed by atoms with E-state index >= 15 is 0 Å². The van der Waals surface area contributed by atoms with Gasteiger partial charge >= 0.3 is 0 Å². The Kier molecular flexibility index (Phi) is 2.63. The van der Waals surface area contributed by atoms with Crippen LogP contribution in [0, 0.1) is 6.92 Å². The molecule has 1 aromatic heterocycles. The Labute approximate surface area is 111 Å². The summed E-state index contributed by atoms with van der Waals surface area (Å²) in [5.41, 5.74) is 9.49. The van der Waals surface area contributed by atoms with Crippen molar-refractivity contribution in [2.24, 2.45) is 7.05 Å². The molecule has 0 fully saturated rings. The first-order chi connectivity index (χ1) is 9.13. The zero-order valence-corrected chi connectivity index (χ0v) is 10.9. The second kappa shape index (κ2) is 4.31. The predicted octanol–water partition coefficient (Wildman–Crippen LogP) is 3.26. The Balaban J connectivity index is 1.96. The predicted molar refractivity (Wildman–Crippen MR) is 76.4 cm³/mol. The molecular formula is C15H15N3O. The highest BCUT2D eigenvalue weighted by molar-refractivity contribution is 5.77. The fourth-order valence-corrected chi connectivity index (χ4v) is 2.09. The molecule has 0 aliphatic carbocycles. The molecule has 19 heavy (non-hydrogen) atoms. The summed E-state index contributed by atoms with van der Waals surface area (Å²) in [6.45, 7) is 1.98. The van der Waals surface area contributed by atoms with Gasteiger partial charge in [-0.2, -0.15) is 0 Å². The maximum absolute atomic E-state index is 5.88. The van der Waals surface area contributed by atoms with Crippen LogP contribution in [0.15, 0.2) is 42.7 Å². The number of nitrogens with two attached hydrogens (primary N) is 1. The molecule has 0 aliphatic rings. The van der Waals surface area contributed by atoms with Gasteiger partial charge in [0.25, 0.3) is 0 Å². The monoisotopic (exact) mass is 253 g/mol. The molecule has 2 aromatic carbocycles. The van der Waals surface area contributed by atoms with Crippen LogP contribution in [0.3, 0.4) is 0 Å². The lowest BCUT2D eigenvalue weighted by atomic mass is 10.2. The number of aromatic nitrogens is 2. The molecule has 96 valence electrons. The number of rotatable bonds is 2. The van der Waals surface area contributed by atoms with Crippen molar-refractivity contribution in [2.45, 2.75) is 6.92 Å². The normalized spacial score (nSPS) is 10.8. The summed E-state index contributed by atoms with van der Waals surface area (Å²) < 4.78 is 7.86. The topological polar surface area (TPSA) is 53.1 Å². The summed E-state index contributed by atoms with van der Waals surface area (Å²) in [5.74, 6) is 1.59. The fraction of sp³-hybridized carbons (Fsp3) is 0.133. The summed E-state index contributed by atoms with van der Waals surface area (Å²) in [7, 11) is 1.97. The van der Waals surface area contributed by atoms with Crippen LogP contribution < -0.4 is 10.5 Å². The van der Waals surface area contributed by atoms with Gasteiger partial charge in [-0.1, -0.05) is 0 Å². The Morgan fingerprint density at radius 1 is 1.16 bits per heavy atom. The third-order valence-electron chi connectivity index (χ3n) is 3.12. The summed E-state index contributed by atoms with van der Waals surface area (Å²) in [6.07, 6.45) is 1.79. The standard InChI is InChI=1S/C15H15N3O/c1-10-7-11(16)3-6-15(10)19-12-4-5-14-13(8-12)17-9-18(14)2/h3-9H,16H2,1-2H3. The van der Waals surface area contributed by atoms with E-state index in [1.165, 1.54) is 0 Å². The molecule has 4 nitrogen and oxygen atoms in total. The van der Waals surface area contributed by atoms with Gasteiger partial charge in [0.1, 0.15) is 11.5 Å². The highest BCUT2D eigenvalue weighted by Gasteiger charge is 2.05.